The van der Waals surface area contributed by atoms with Crippen LogP contribution in [0.3, 0.4) is 0 Å². The molecule has 1 saturated heterocycles. The summed E-state index contributed by atoms with van der Waals surface area (Å²) in [5, 5.41) is 0.334. The van der Waals surface area contributed by atoms with Gasteiger partial charge in [-0.25, -0.2) is 8.78 Å². The summed E-state index contributed by atoms with van der Waals surface area (Å²) in [6, 6.07) is 2.54. The number of nitrogens with two attached hydrogens (primary N) is 1. The fourth-order valence-electron chi connectivity index (χ4n) is 2.98. The molecule has 0 aliphatic carbocycles. The van der Waals surface area contributed by atoms with Crippen LogP contribution in [0.2, 0.25) is 0 Å². The highest BCUT2D eigenvalue weighted by molar-refractivity contribution is 5.79. The molecule has 2 N–H and O–H groups in total. The van der Waals surface area contributed by atoms with Gasteiger partial charge in [0.15, 0.2) is 0 Å². The maximum Gasteiger partial charge on any atom is 0.141 e. The zero-order chi connectivity index (χ0) is 13.6. The van der Waals surface area contributed by atoms with Crippen LogP contribution in [0.5, 0.6) is 0 Å². The first-order valence-electron chi connectivity index (χ1n) is 6.37. The van der Waals surface area contributed by atoms with Crippen LogP contribution < -0.4 is 5.73 Å². The van der Waals surface area contributed by atoms with Crippen LogP contribution in [0.4, 0.5) is 8.78 Å². The van der Waals surface area contributed by atoms with Crippen molar-refractivity contribution < 1.29 is 13.2 Å². The van der Waals surface area contributed by atoms with Gasteiger partial charge in [-0.1, -0.05) is 0 Å². The van der Waals surface area contributed by atoms with Gasteiger partial charge in [0.05, 0.1) is 11.6 Å². The van der Waals surface area contributed by atoms with E-state index in [1.165, 1.54) is 18.4 Å². The van der Waals surface area contributed by atoms with E-state index < -0.39 is 11.6 Å². The molecule has 2 unspecified atom stereocenters. The van der Waals surface area contributed by atoms with Crippen molar-refractivity contribution in [3.63, 3.8) is 0 Å². The fourth-order valence-corrected chi connectivity index (χ4v) is 2.98. The Morgan fingerprint density at radius 1 is 1.47 bits per heavy atom. The third-order valence-electron chi connectivity index (χ3n) is 3.98. The number of rotatable bonds is 2. The average Bonchev–Trinajstić information content (AvgIpc) is 2.96. The van der Waals surface area contributed by atoms with E-state index in [2.05, 4.69) is 0 Å². The lowest BCUT2D eigenvalue weighted by Crippen LogP contribution is -2.21. The Morgan fingerprint density at radius 2 is 2.26 bits per heavy atom. The van der Waals surface area contributed by atoms with Gasteiger partial charge in [-0.3, -0.25) is 4.90 Å². The number of hydrogen-bond acceptors (Lipinski definition) is 3. The summed E-state index contributed by atoms with van der Waals surface area (Å²) < 4.78 is 33.7. The predicted molar refractivity (Wildman–Crippen MR) is 68.7 cm³/mol. The second-order valence-electron chi connectivity index (χ2n) is 5.21. The van der Waals surface area contributed by atoms with Gasteiger partial charge >= 0.3 is 0 Å². The topological polar surface area (TPSA) is 42.4 Å². The van der Waals surface area contributed by atoms with Crippen molar-refractivity contribution >= 4 is 11.0 Å². The van der Waals surface area contributed by atoms with Crippen molar-refractivity contribution in [1.29, 1.82) is 0 Å². The Kier molecular flexibility index (Phi) is 3.03. The van der Waals surface area contributed by atoms with Gasteiger partial charge in [0.2, 0.25) is 0 Å². The molecule has 0 radical (unpaired) electrons. The zero-order valence-electron chi connectivity index (χ0n) is 10.7. The molecule has 2 heterocycles. The lowest BCUT2D eigenvalue weighted by molar-refractivity contribution is 0.299. The van der Waals surface area contributed by atoms with E-state index in [0.717, 1.165) is 6.54 Å². The lowest BCUT2D eigenvalue weighted by Gasteiger charge is -2.20. The molecule has 0 spiro atoms. The quantitative estimate of drug-likeness (QED) is 0.908. The maximum absolute atomic E-state index is 14.5. The van der Waals surface area contributed by atoms with Gasteiger partial charge in [0.1, 0.15) is 17.2 Å². The van der Waals surface area contributed by atoms with Crippen LogP contribution in [-0.4, -0.2) is 25.0 Å². The molecule has 3 nitrogen and oxygen atoms in total. The number of furan rings is 1. The molecule has 2 aromatic rings. The molecule has 0 bridgehead atoms. The SMILES string of the molecule is CN1CC(CN)CC1c1c(F)cc2occc2c1F. The second kappa shape index (κ2) is 4.58. The van der Waals surface area contributed by atoms with E-state index in [1.54, 1.807) is 0 Å². The summed E-state index contributed by atoms with van der Waals surface area (Å²) in [7, 11) is 1.87. The molecule has 1 fully saturated rings. The van der Waals surface area contributed by atoms with E-state index >= 15 is 0 Å². The normalized spacial score (nSPS) is 24.4. The number of nitrogens with zero attached hydrogens (tertiary/aromatic N) is 1. The minimum Gasteiger partial charge on any atom is -0.464 e. The van der Waals surface area contributed by atoms with Gasteiger partial charge in [0.25, 0.3) is 0 Å². The third-order valence-corrected chi connectivity index (χ3v) is 3.98. The molecule has 1 aromatic heterocycles. The highest BCUT2D eigenvalue weighted by Crippen LogP contribution is 2.38. The Labute approximate surface area is 110 Å². The standard InChI is InChI=1S/C14H16F2N2O/c1-18-7-8(6-17)4-11(18)13-10(15)5-12-9(14(13)16)2-3-19-12/h2-3,5,8,11H,4,6-7,17H2,1H3. The summed E-state index contributed by atoms with van der Waals surface area (Å²) in [5.74, 6) is -0.776. The van der Waals surface area contributed by atoms with E-state index in [1.807, 2.05) is 11.9 Å². The molecule has 102 valence electrons. The summed E-state index contributed by atoms with van der Waals surface area (Å²) in [5.41, 5.74) is 6.03. The van der Waals surface area contributed by atoms with E-state index in [0.29, 0.717) is 18.4 Å². The van der Waals surface area contributed by atoms with Crippen molar-refractivity contribution in [2.45, 2.75) is 12.5 Å². The van der Waals surface area contributed by atoms with E-state index in [4.69, 9.17) is 10.2 Å². The third kappa shape index (κ3) is 1.93. The number of benzene rings is 1. The first-order valence-corrected chi connectivity index (χ1v) is 6.37. The highest BCUT2D eigenvalue weighted by Gasteiger charge is 2.34. The zero-order valence-corrected chi connectivity index (χ0v) is 10.7. The minimum absolute atomic E-state index is 0.132. The van der Waals surface area contributed by atoms with Crippen molar-refractivity contribution in [3.8, 4) is 0 Å². The molecular formula is C14H16F2N2O. The van der Waals surface area contributed by atoms with Crippen molar-refractivity contribution in [3.05, 3.63) is 35.6 Å². The largest absolute Gasteiger partial charge is 0.464 e. The van der Waals surface area contributed by atoms with Crippen LogP contribution in [-0.2, 0) is 0 Å². The average molecular weight is 266 g/mol. The Bertz CT molecular complexity index is 611. The summed E-state index contributed by atoms with van der Waals surface area (Å²) >= 11 is 0. The van der Waals surface area contributed by atoms with Crippen molar-refractivity contribution in [2.75, 3.05) is 20.1 Å². The fraction of sp³-hybridized carbons (Fsp3) is 0.429. The Morgan fingerprint density at radius 3 is 2.95 bits per heavy atom. The monoisotopic (exact) mass is 266 g/mol. The number of hydrogen-bond donors (Lipinski definition) is 1. The summed E-state index contributed by atoms with van der Waals surface area (Å²) in [4.78, 5) is 1.96. The predicted octanol–water partition coefficient (Wildman–Crippen LogP) is 2.66. The highest BCUT2D eigenvalue weighted by atomic mass is 19.1. The summed E-state index contributed by atoms with van der Waals surface area (Å²) in [6.45, 7) is 1.31. The molecule has 0 saturated carbocycles. The lowest BCUT2D eigenvalue weighted by atomic mass is 9.97. The van der Waals surface area contributed by atoms with E-state index in [9.17, 15) is 8.78 Å². The van der Waals surface area contributed by atoms with Crippen LogP contribution >= 0.6 is 0 Å². The van der Waals surface area contributed by atoms with Crippen LogP contribution in [0.15, 0.2) is 22.8 Å². The van der Waals surface area contributed by atoms with Gasteiger partial charge in [-0.15, -0.1) is 0 Å². The Balaban J connectivity index is 2.09. The van der Waals surface area contributed by atoms with Gasteiger partial charge < -0.3 is 10.2 Å². The molecule has 1 aliphatic heterocycles. The first-order chi connectivity index (χ1) is 9.11. The molecule has 19 heavy (non-hydrogen) atoms. The van der Waals surface area contributed by atoms with Gasteiger partial charge in [-0.2, -0.15) is 0 Å². The van der Waals surface area contributed by atoms with Crippen molar-refractivity contribution in [2.24, 2.45) is 11.7 Å². The molecular weight excluding hydrogens is 250 g/mol. The van der Waals surface area contributed by atoms with Crippen LogP contribution in [0.25, 0.3) is 11.0 Å². The number of fused-ring (bicyclic) bond motifs is 1. The van der Waals surface area contributed by atoms with Crippen LogP contribution in [0.1, 0.15) is 18.0 Å². The molecule has 2 atom stereocenters. The van der Waals surface area contributed by atoms with Crippen LogP contribution in [0, 0.1) is 17.6 Å². The molecule has 0 amide bonds. The molecule has 1 aromatic carbocycles. The Hall–Kier alpha value is -1.46. The number of halogens is 2. The first kappa shape index (κ1) is 12.6. The van der Waals surface area contributed by atoms with Crippen molar-refractivity contribution in [1.82, 2.24) is 4.90 Å². The summed E-state index contributed by atoms with van der Waals surface area (Å²) in [6.07, 6.45) is 2.06. The second-order valence-corrected chi connectivity index (χ2v) is 5.21. The minimum atomic E-state index is -0.547. The molecule has 3 rings (SSSR count). The smallest absolute Gasteiger partial charge is 0.141 e. The maximum atomic E-state index is 14.5. The van der Waals surface area contributed by atoms with Gasteiger partial charge in [0, 0.05) is 24.2 Å². The van der Waals surface area contributed by atoms with E-state index in [-0.39, 0.29) is 23.1 Å². The van der Waals surface area contributed by atoms with Gasteiger partial charge in [-0.05, 0) is 32.0 Å². The molecule has 1 aliphatic rings. The molecule has 5 heteroatoms. The number of likely N-dealkylation sites (tertiary alicyclic amines) is 1.